The van der Waals surface area contributed by atoms with Crippen molar-refractivity contribution in [1.29, 1.82) is 0 Å². The smallest absolute Gasteiger partial charge is 0.272 e. The van der Waals surface area contributed by atoms with Crippen molar-refractivity contribution in [2.45, 2.75) is 57.8 Å². The maximum atomic E-state index is 12.2. The minimum absolute atomic E-state index is 0.00333. The van der Waals surface area contributed by atoms with E-state index >= 15 is 0 Å². The van der Waals surface area contributed by atoms with Crippen molar-refractivity contribution >= 4 is 10.8 Å². The maximum absolute atomic E-state index is 12.2. The van der Waals surface area contributed by atoms with E-state index in [-0.39, 0.29) is 17.1 Å². The van der Waals surface area contributed by atoms with Crippen LogP contribution in [0, 0.1) is 0 Å². The zero-order chi connectivity index (χ0) is 22.3. The molecule has 1 aromatic heterocycles. The largest absolute Gasteiger partial charge is 0.492 e. The van der Waals surface area contributed by atoms with Crippen molar-refractivity contribution in [3.8, 4) is 5.75 Å². The Morgan fingerprint density at radius 3 is 2.59 bits per heavy atom. The second-order valence-corrected chi connectivity index (χ2v) is 9.93. The first-order valence-electron chi connectivity index (χ1n) is 11.5. The van der Waals surface area contributed by atoms with E-state index in [0.717, 1.165) is 54.9 Å². The predicted octanol–water partition coefficient (Wildman–Crippen LogP) is 4.23. The van der Waals surface area contributed by atoms with Crippen LogP contribution in [0.25, 0.3) is 10.8 Å². The molecular formula is C26H31N3O3. The summed E-state index contributed by atoms with van der Waals surface area (Å²) in [5, 5.41) is 8.53. The number of aromatic nitrogens is 2. The lowest BCUT2D eigenvalue weighted by atomic mass is 9.90. The molecule has 1 saturated heterocycles. The number of nitrogens with zero attached hydrogens (tertiary/aromatic N) is 2. The van der Waals surface area contributed by atoms with Gasteiger partial charge >= 0.3 is 0 Å². The van der Waals surface area contributed by atoms with Gasteiger partial charge in [0.05, 0.1) is 34.1 Å². The van der Waals surface area contributed by atoms with Crippen molar-refractivity contribution in [2.24, 2.45) is 0 Å². The Morgan fingerprint density at radius 2 is 1.88 bits per heavy atom. The summed E-state index contributed by atoms with van der Waals surface area (Å²) >= 11 is 0. The van der Waals surface area contributed by atoms with E-state index in [1.165, 1.54) is 5.56 Å². The number of nitrogens with one attached hydrogen (secondary N) is 1. The molecule has 2 aliphatic rings. The van der Waals surface area contributed by atoms with Gasteiger partial charge in [-0.15, -0.1) is 0 Å². The monoisotopic (exact) mass is 433 g/mol. The fourth-order valence-corrected chi connectivity index (χ4v) is 4.89. The summed E-state index contributed by atoms with van der Waals surface area (Å²) in [4.78, 5) is 14.7. The standard InChI is InChI=1S/C26H31N3O3/c1-26(2,3)32-19-11-13-29(14-12-19)15-17-7-9-18(10-8-17)21-16-31-22-6-4-5-20-23(22)24(21)27-28-25(20)30/h4-10,19,21H,11-16H2,1-3H3,(H,28,30). The first-order chi connectivity index (χ1) is 15.4. The number of H-pyrrole nitrogens is 1. The molecule has 1 atom stereocenters. The quantitative estimate of drug-likeness (QED) is 0.667. The van der Waals surface area contributed by atoms with Gasteiger partial charge in [0.1, 0.15) is 12.4 Å². The zero-order valence-electron chi connectivity index (χ0n) is 19.1. The van der Waals surface area contributed by atoms with Crippen LogP contribution >= 0.6 is 0 Å². The second kappa shape index (κ2) is 8.34. The Bertz CT molecular complexity index is 1160. The van der Waals surface area contributed by atoms with Crippen LogP contribution in [0.5, 0.6) is 5.75 Å². The molecule has 1 unspecified atom stereocenters. The van der Waals surface area contributed by atoms with Crippen LogP contribution in [0.4, 0.5) is 0 Å². The summed E-state index contributed by atoms with van der Waals surface area (Å²) in [6.45, 7) is 9.99. The molecule has 6 nitrogen and oxygen atoms in total. The fourth-order valence-electron chi connectivity index (χ4n) is 4.89. The van der Waals surface area contributed by atoms with Crippen LogP contribution in [0.15, 0.2) is 47.3 Å². The summed E-state index contributed by atoms with van der Waals surface area (Å²) in [6, 6.07) is 14.3. The van der Waals surface area contributed by atoms with Gasteiger partial charge in [-0.25, -0.2) is 5.10 Å². The molecule has 0 amide bonds. The molecule has 0 bridgehead atoms. The molecule has 6 heteroatoms. The zero-order valence-corrected chi connectivity index (χ0v) is 19.1. The number of likely N-dealkylation sites (tertiary alicyclic amines) is 1. The average molecular weight is 434 g/mol. The highest BCUT2D eigenvalue weighted by Gasteiger charge is 2.27. The predicted molar refractivity (Wildman–Crippen MR) is 125 cm³/mol. The molecule has 5 rings (SSSR count). The lowest BCUT2D eigenvalue weighted by Crippen LogP contribution is -2.39. The van der Waals surface area contributed by atoms with Gasteiger partial charge in [0.25, 0.3) is 5.56 Å². The van der Waals surface area contributed by atoms with Crippen LogP contribution in [0.2, 0.25) is 0 Å². The van der Waals surface area contributed by atoms with E-state index in [1.807, 2.05) is 18.2 Å². The molecule has 1 fully saturated rings. The third kappa shape index (κ3) is 4.30. The first-order valence-corrected chi connectivity index (χ1v) is 11.5. The molecule has 0 saturated carbocycles. The van der Waals surface area contributed by atoms with Crippen molar-refractivity contribution in [1.82, 2.24) is 15.1 Å². The van der Waals surface area contributed by atoms with Crippen molar-refractivity contribution < 1.29 is 9.47 Å². The lowest BCUT2D eigenvalue weighted by Gasteiger charge is -2.35. The normalized spacial score (nSPS) is 19.8. The lowest BCUT2D eigenvalue weighted by molar-refractivity contribution is -0.0827. The topological polar surface area (TPSA) is 67.5 Å². The number of rotatable bonds is 4. The fraction of sp³-hybridized carbons (Fsp3) is 0.462. The van der Waals surface area contributed by atoms with Crippen molar-refractivity contribution in [3.05, 3.63) is 69.6 Å². The molecule has 1 N–H and O–H groups in total. The van der Waals surface area contributed by atoms with E-state index < -0.39 is 0 Å². The molecule has 3 aromatic rings. The van der Waals surface area contributed by atoms with Gasteiger partial charge < -0.3 is 9.47 Å². The van der Waals surface area contributed by atoms with Crippen LogP contribution < -0.4 is 10.3 Å². The SMILES string of the molecule is CC(C)(C)OC1CCN(Cc2ccc(C3COc4cccc5c(=O)[nH]nc3c45)cc2)CC1. The van der Waals surface area contributed by atoms with E-state index in [4.69, 9.17) is 9.47 Å². The van der Waals surface area contributed by atoms with E-state index in [0.29, 0.717) is 18.1 Å². The summed E-state index contributed by atoms with van der Waals surface area (Å²) in [5.74, 6) is 0.742. The number of benzene rings is 2. The van der Waals surface area contributed by atoms with Crippen LogP contribution in [0.3, 0.4) is 0 Å². The Morgan fingerprint density at radius 1 is 1.12 bits per heavy atom. The maximum Gasteiger partial charge on any atom is 0.272 e. The van der Waals surface area contributed by atoms with Gasteiger partial charge in [-0.1, -0.05) is 30.3 Å². The summed E-state index contributed by atoms with van der Waals surface area (Å²) in [7, 11) is 0. The highest BCUT2D eigenvalue weighted by atomic mass is 16.5. The van der Waals surface area contributed by atoms with Crippen LogP contribution in [0.1, 0.15) is 56.4 Å². The van der Waals surface area contributed by atoms with Gasteiger partial charge in [0.15, 0.2) is 0 Å². The Kier molecular flexibility index (Phi) is 5.51. The molecule has 0 aliphatic carbocycles. The Hall–Kier alpha value is -2.70. The number of aromatic amines is 1. The minimum atomic E-state index is -0.179. The van der Waals surface area contributed by atoms with E-state index in [2.05, 4.69) is 60.1 Å². The molecule has 32 heavy (non-hydrogen) atoms. The number of ether oxygens (including phenoxy) is 2. The van der Waals surface area contributed by atoms with Gasteiger partial charge in [0, 0.05) is 19.6 Å². The van der Waals surface area contributed by atoms with Crippen molar-refractivity contribution in [3.63, 3.8) is 0 Å². The Balaban J connectivity index is 1.28. The Labute approximate surface area is 188 Å². The molecule has 0 radical (unpaired) electrons. The molecule has 168 valence electrons. The molecule has 2 aliphatic heterocycles. The van der Waals surface area contributed by atoms with Gasteiger partial charge in [0.2, 0.25) is 0 Å². The van der Waals surface area contributed by atoms with E-state index in [9.17, 15) is 4.79 Å². The molecule has 2 aromatic carbocycles. The summed E-state index contributed by atoms with van der Waals surface area (Å²) in [5.41, 5.74) is 3.09. The van der Waals surface area contributed by atoms with Crippen molar-refractivity contribution in [2.75, 3.05) is 19.7 Å². The van der Waals surface area contributed by atoms with Gasteiger partial charge in [-0.3, -0.25) is 9.69 Å². The highest BCUT2D eigenvalue weighted by Crippen LogP contribution is 2.37. The summed E-state index contributed by atoms with van der Waals surface area (Å²) in [6.07, 6.45) is 2.54. The van der Waals surface area contributed by atoms with Crippen LogP contribution in [-0.4, -0.2) is 46.5 Å². The first kappa shape index (κ1) is 21.2. The average Bonchev–Trinajstić information content (AvgIpc) is 2.77. The number of hydrogen-bond acceptors (Lipinski definition) is 5. The number of hydrogen-bond donors (Lipinski definition) is 1. The molecular weight excluding hydrogens is 402 g/mol. The molecule has 0 spiro atoms. The molecule has 3 heterocycles. The highest BCUT2D eigenvalue weighted by molar-refractivity contribution is 5.90. The van der Waals surface area contributed by atoms with Gasteiger partial charge in [-0.2, -0.15) is 5.10 Å². The third-order valence-electron chi connectivity index (χ3n) is 6.38. The summed E-state index contributed by atoms with van der Waals surface area (Å²) < 4.78 is 12.2. The van der Waals surface area contributed by atoms with Gasteiger partial charge in [-0.05, 0) is 56.9 Å². The second-order valence-electron chi connectivity index (χ2n) is 9.93. The third-order valence-corrected chi connectivity index (χ3v) is 6.38. The number of piperidine rings is 1. The van der Waals surface area contributed by atoms with E-state index in [1.54, 1.807) is 0 Å². The minimum Gasteiger partial charge on any atom is -0.492 e. The van der Waals surface area contributed by atoms with Crippen LogP contribution in [-0.2, 0) is 11.3 Å².